The Morgan fingerprint density at radius 2 is 1.87 bits per heavy atom. The third kappa shape index (κ3) is 6.65. The molecule has 0 aromatic heterocycles. The Kier molecular flexibility index (Phi) is 8.47. The molecule has 2 aromatic carbocycles. The Labute approximate surface area is 178 Å². The van der Waals surface area contributed by atoms with E-state index < -0.39 is 0 Å². The summed E-state index contributed by atoms with van der Waals surface area (Å²) in [5.74, 6) is 0.741. The zero-order valence-electron chi connectivity index (χ0n) is 18.3. The number of amides is 2. The molecule has 2 rings (SSSR count). The average Bonchev–Trinajstić information content (AvgIpc) is 2.72. The molecule has 0 aliphatic carbocycles. The Balaban J connectivity index is 1.98. The zero-order valence-corrected chi connectivity index (χ0v) is 18.3. The minimum Gasteiger partial charge on any atom is -0.493 e. The minimum absolute atomic E-state index is 0.0333. The van der Waals surface area contributed by atoms with Crippen LogP contribution in [0.1, 0.15) is 31.9 Å². The lowest BCUT2D eigenvalue weighted by Crippen LogP contribution is -2.34. The van der Waals surface area contributed by atoms with Gasteiger partial charge in [-0.1, -0.05) is 31.2 Å². The molecular formula is C24H30N2O4. The van der Waals surface area contributed by atoms with Gasteiger partial charge in [-0.3, -0.25) is 9.59 Å². The number of carbonyl (C=O) groups is 2. The second-order valence-electron chi connectivity index (χ2n) is 7.16. The third-order valence-electron chi connectivity index (χ3n) is 4.40. The molecule has 30 heavy (non-hydrogen) atoms. The van der Waals surface area contributed by atoms with E-state index in [-0.39, 0.29) is 24.5 Å². The van der Waals surface area contributed by atoms with Gasteiger partial charge in [-0.25, -0.2) is 0 Å². The van der Waals surface area contributed by atoms with E-state index in [4.69, 9.17) is 9.47 Å². The highest BCUT2D eigenvalue weighted by atomic mass is 16.5. The lowest BCUT2D eigenvalue weighted by Gasteiger charge is -2.16. The molecule has 2 aromatic rings. The van der Waals surface area contributed by atoms with Gasteiger partial charge < -0.3 is 19.7 Å². The monoisotopic (exact) mass is 410 g/mol. The summed E-state index contributed by atoms with van der Waals surface area (Å²) in [6.07, 6.45) is 3.97. The Morgan fingerprint density at radius 3 is 2.53 bits per heavy atom. The minimum atomic E-state index is -0.268. The van der Waals surface area contributed by atoms with E-state index in [1.165, 1.54) is 11.0 Å². The van der Waals surface area contributed by atoms with E-state index in [9.17, 15) is 9.59 Å². The van der Waals surface area contributed by atoms with E-state index in [0.29, 0.717) is 11.5 Å². The Bertz CT molecular complexity index is 906. The maximum absolute atomic E-state index is 12.4. The summed E-state index contributed by atoms with van der Waals surface area (Å²) >= 11 is 0. The van der Waals surface area contributed by atoms with Crippen molar-refractivity contribution < 1.29 is 19.1 Å². The van der Waals surface area contributed by atoms with Crippen LogP contribution in [0.5, 0.6) is 11.5 Å². The van der Waals surface area contributed by atoms with Crippen molar-refractivity contribution in [2.24, 2.45) is 0 Å². The fourth-order valence-corrected chi connectivity index (χ4v) is 2.87. The molecule has 160 valence electrons. The van der Waals surface area contributed by atoms with Gasteiger partial charge in [0.1, 0.15) is 0 Å². The molecule has 1 N–H and O–H groups in total. The van der Waals surface area contributed by atoms with Crippen LogP contribution in [0.2, 0.25) is 0 Å². The van der Waals surface area contributed by atoms with Crippen molar-refractivity contribution in [2.45, 2.75) is 33.3 Å². The molecule has 0 radical (unpaired) electrons. The van der Waals surface area contributed by atoms with Crippen molar-refractivity contribution in [3.63, 3.8) is 0 Å². The number of nitrogens with one attached hydrogen (secondary N) is 1. The van der Waals surface area contributed by atoms with Crippen LogP contribution in [0.25, 0.3) is 6.08 Å². The van der Waals surface area contributed by atoms with Crippen LogP contribution in [0, 0.1) is 0 Å². The second-order valence-corrected chi connectivity index (χ2v) is 7.16. The zero-order chi connectivity index (χ0) is 22.1. The molecule has 0 saturated carbocycles. The summed E-state index contributed by atoms with van der Waals surface area (Å²) in [5, 5.41) is 2.87. The molecule has 0 fully saturated rings. The van der Waals surface area contributed by atoms with E-state index in [2.05, 4.69) is 5.32 Å². The first-order chi connectivity index (χ1) is 14.3. The lowest BCUT2D eigenvalue weighted by atomic mass is 10.1. The van der Waals surface area contributed by atoms with Crippen molar-refractivity contribution in [1.29, 1.82) is 0 Å². The van der Waals surface area contributed by atoms with Crippen LogP contribution in [0.4, 0.5) is 5.69 Å². The highest BCUT2D eigenvalue weighted by Crippen LogP contribution is 2.29. The van der Waals surface area contributed by atoms with Gasteiger partial charge in [-0.2, -0.15) is 0 Å². The maximum atomic E-state index is 12.4. The van der Waals surface area contributed by atoms with Gasteiger partial charge in [-0.15, -0.1) is 0 Å². The van der Waals surface area contributed by atoms with Crippen LogP contribution in [-0.2, 0) is 16.0 Å². The molecule has 0 aliphatic heterocycles. The van der Waals surface area contributed by atoms with Crippen LogP contribution < -0.4 is 14.8 Å². The fraction of sp³-hybridized carbons (Fsp3) is 0.333. The van der Waals surface area contributed by atoms with E-state index >= 15 is 0 Å². The van der Waals surface area contributed by atoms with Gasteiger partial charge in [0.25, 0.3) is 0 Å². The number of hydrogen-bond donors (Lipinski definition) is 1. The smallest absolute Gasteiger partial charge is 0.246 e. The second kappa shape index (κ2) is 11.0. The standard InChI is InChI=1S/C24H30N2O4/c1-6-19-9-7-8-10-20(19)25-23(27)16-26(4)24(28)14-12-18-11-13-21(30-17(2)3)22(15-18)29-5/h7-15,17H,6,16H2,1-5H3,(H,25,27)/b14-12+. The summed E-state index contributed by atoms with van der Waals surface area (Å²) in [4.78, 5) is 26.1. The van der Waals surface area contributed by atoms with Gasteiger partial charge >= 0.3 is 0 Å². The molecule has 0 unspecified atom stereocenters. The molecule has 0 atom stereocenters. The first kappa shape index (κ1) is 23.0. The molecule has 6 nitrogen and oxygen atoms in total. The largest absolute Gasteiger partial charge is 0.493 e. The number of likely N-dealkylation sites (N-methyl/N-ethyl adjacent to an activating group) is 1. The third-order valence-corrected chi connectivity index (χ3v) is 4.40. The molecule has 0 bridgehead atoms. The van der Waals surface area contributed by atoms with Crippen molar-refractivity contribution in [3.05, 3.63) is 59.7 Å². The summed E-state index contributed by atoms with van der Waals surface area (Å²) in [6, 6.07) is 13.1. The molecule has 6 heteroatoms. The number of para-hydroxylation sites is 1. The molecule has 0 spiro atoms. The number of hydrogen-bond acceptors (Lipinski definition) is 4. The predicted octanol–water partition coefficient (Wildman–Crippen LogP) is 4.16. The van der Waals surface area contributed by atoms with Gasteiger partial charge in [0.05, 0.1) is 19.8 Å². The molecule has 0 heterocycles. The average molecular weight is 411 g/mol. The topological polar surface area (TPSA) is 67.9 Å². The van der Waals surface area contributed by atoms with E-state index in [1.54, 1.807) is 26.3 Å². The SMILES string of the molecule is CCc1ccccc1NC(=O)CN(C)C(=O)/C=C/c1ccc(OC(C)C)c(OC)c1. The van der Waals surface area contributed by atoms with Crippen molar-refractivity contribution in [1.82, 2.24) is 4.90 Å². The summed E-state index contributed by atoms with van der Waals surface area (Å²) in [7, 11) is 3.17. The number of rotatable bonds is 9. The van der Waals surface area contributed by atoms with Gasteiger partial charge in [-0.05, 0) is 55.7 Å². The normalized spacial score (nSPS) is 10.9. The molecular weight excluding hydrogens is 380 g/mol. The van der Waals surface area contributed by atoms with Crippen molar-refractivity contribution in [2.75, 3.05) is 26.0 Å². The number of carbonyl (C=O) groups excluding carboxylic acids is 2. The van der Waals surface area contributed by atoms with Crippen molar-refractivity contribution in [3.8, 4) is 11.5 Å². The summed E-state index contributed by atoms with van der Waals surface area (Å²) in [5.41, 5.74) is 2.63. The van der Waals surface area contributed by atoms with Gasteiger partial charge in [0, 0.05) is 18.8 Å². The first-order valence-electron chi connectivity index (χ1n) is 9.99. The van der Waals surface area contributed by atoms with E-state index in [1.807, 2.05) is 57.2 Å². The quantitative estimate of drug-likeness (QED) is 0.631. The van der Waals surface area contributed by atoms with Gasteiger partial charge in [0.15, 0.2) is 11.5 Å². The number of anilines is 1. The highest BCUT2D eigenvalue weighted by molar-refractivity contribution is 5.98. The van der Waals surface area contributed by atoms with Crippen molar-refractivity contribution >= 4 is 23.6 Å². The Morgan fingerprint density at radius 1 is 1.13 bits per heavy atom. The lowest BCUT2D eigenvalue weighted by molar-refractivity contribution is -0.129. The van der Waals surface area contributed by atoms with Crippen LogP contribution in [0.3, 0.4) is 0 Å². The molecule has 0 saturated heterocycles. The molecule has 0 aliphatic rings. The number of ether oxygens (including phenoxy) is 2. The molecule has 2 amide bonds. The number of nitrogens with zero attached hydrogens (tertiary/aromatic N) is 1. The van der Waals surface area contributed by atoms with Crippen LogP contribution in [-0.4, -0.2) is 43.5 Å². The highest BCUT2D eigenvalue weighted by Gasteiger charge is 2.12. The Hall–Kier alpha value is -3.28. The van der Waals surface area contributed by atoms with Crippen LogP contribution in [0.15, 0.2) is 48.5 Å². The summed E-state index contributed by atoms with van der Waals surface area (Å²) in [6.45, 7) is 5.88. The summed E-state index contributed by atoms with van der Waals surface area (Å²) < 4.78 is 11.1. The maximum Gasteiger partial charge on any atom is 0.246 e. The number of methoxy groups -OCH3 is 1. The fourth-order valence-electron chi connectivity index (χ4n) is 2.87. The van der Waals surface area contributed by atoms with E-state index in [0.717, 1.165) is 23.2 Å². The number of aryl methyl sites for hydroxylation is 1. The van der Waals surface area contributed by atoms with Gasteiger partial charge in [0.2, 0.25) is 11.8 Å². The first-order valence-corrected chi connectivity index (χ1v) is 9.99. The predicted molar refractivity (Wildman–Crippen MR) is 120 cm³/mol. The van der Waals surface area contributed by atoms with Crippen LogP contribution >= 0.6 is 0 Å². The number of benzene rings is 2.